The molecule has 0 fully saturated rings. The molecular weight excluding hydrogens is 232 g/mol. The van der Waals surface area contributed by atoms with Crippen molar-refractivity contribution in [2.24, 2.45) is 0 Å². The molecule has 2 heteroatoms. The van der Waals surface area contributed by atoms with Crippen LogP contribution in [0, 0.1) is 0 Å². The Labute approximate surface area is 123 Å². The molecule has 2 nitrogen and oxygen atoms in total. The fourth-order valence-corrected chi connectivity index (χ4v) is 2.65. The molecule has 0 unspecified atom stereocenters. The SMILES string of the molecule is CCCC[N+](C)(C)CCCCC[N+](C)(C)CCCC. The molecule has 0 amide bonds. The minimum atomic E-state index is 1.21. The van der Waals surface area contributed by atoms with Gasteiger partial charge in [0, 0.05) is 0 Å². The zero-order valence-electron chi connectivity index (χ0n) is 14.7. The van der Waals surface area contributed by atoms with Crippen molar-refractivity contribution in [3.8, 4) is 0 Å². The quantitative estimate of drug-likeness (QED) is 0.373. The van der Waals surface area contributed by atoms with Gasteiger partial charge in [-0.3, -0.25) is 0 Å². The van der Waals surface area contributed by atoms with E-state index in [0.717, 1.165) is 0 Å². The van der Waals surface area contributed by atoms with E-state index >= 15 is 0 Å². The summed E-state index contributed by atoms with van der Waals surface area (Å²) in [5, 5.41) is 0. The molecule has 116 valence electrons. The van der Waals surface area contributed by atoms with Gasteiger partial charge in [0.05, 0.1) is 54.4 Å². The van der Waals surface area contributed by atoms with Crippen molar-refractivity contribution in [3.05, 3.63) is 0 Å². The maximum absolute atomic E-state index is 2.39. The van der Waals surface area contributed by atoms with E-state index in [4.69, 9.17) is 0 Å². The second kappa shape index (κ2) is 9.77. The van der Waals surface area contributed by atoms with Gasteiger partial charge in [-0.25, -0.2) is 0 Å². The van der Waals surface area contributed by atoms with Crippen molar-refractivity contribution in [2.45, 2.75) is 58.8 Å². The summed E-state index contributed by atoms with van der Waals surface area (Å²) >= 11 is 0. The average molecular weight is 273 g/mol. The van der Waals surface area contributed by atoms with Gasteiger partial charge in [-0.2, -0.15) is 0 Å². The molecule has 0 spiro atoms. The molecule has 0 saturated heterocycles. The van der Waals surface area contributed by atoms with Gasteiger partial charge in [0.25, 0.3) is 0 Å². The van der Waals surface area contributed by atoms with E-state index < -0.39 is 0 Å². The monoisotopic (exact) mass is 272 g/mol. The number of nitrogens with zero attached hydrogens (tertiary/aromatic N) is 2. The van der Waals surface area contributed by atoms with Crippen molar-refractivity contribution >= 4 is 0 Å². The molecule has 0 atom stereocenters. The summed E-state index contributed by atoms with van der Waals surface area (Å²) < 4.78 is 2.42. The first-order valence-electron chi connectivity index (χ1n) is 8.47. The Bertz CT molecular complexity index is 187. The zero-order valence-corrected chi connectivity index (χ0v) is 14.7. The van der Waals surface area contributed by atoms with Gasteiger partial charge < -0.3 is 8.97 Å². The summed E-state index contributed by atoms with van der Waals surface area (Å²) in [5.41, 5.74) is 0. The van der Waals surface area contributed by atoms with E-state index in [2.05, 4.69) is 42.0 Å². The molecular formula is C17H40N2+2. The Morgan fingerprint density at radius 1 is 0.474 bits per heavy atom. The maximum atomic E-state index is 2.39. The highest BCUT2D eigenvalue weighted by Gasteiger charge is 2.15. The van der Waals surface area contributed by atoms with Crippen molar-refractivity contribution in [3.63, 3.8) is 0 Å². The third-order valence-electron chi connectivity index (χ3n) is 4.26. The van der Waals surface area contributed by atoms with E-state index in [1.54, 1.807) is 0 Å². The van der Waals surface area contributed by atoms with Crippen LogP contribution in [0.1, 0.15) is 58.8 Å². The summed E-state index contributed by atoms with van der Waals surface area (Å²) in [6.07, 6.45) is 9.58. The van der Waals surface area contributed by atoms with E-state index in [9.17, 15) is 0 Å². The highest BCUT2D eigenvalue weighted by Crippen LogP contribution is 2.09. The van der Waals surface area contributed by atoms with Gasteiger partial charge in [-0.15, -0.1) is 0 Å². The third kappa shape index (κ3) is 11.4. The molecule has 0 aromatic carbocycles. The minimum Gasteiger partial charge on any atom is -0.328 e. The molecule has 0 saturated carbocycles. The summed E-state index contributed by atoms with van der Waals surface area (Å²) in [5.74, 6) is 0. The molecule has 0 radical (unpaired) electrons. The molecule has 0 aromatic rings. The predicted molar refractivity (Wildman–Crippen MR) is 87.4 cm³/mol. The van der Waals surface area contributed by atoms with E-state index in [0.29, 0.717) is 0 Å². The van der Waals surface area contributed by atoms with E-state index in [1.165, 1.54) is 80.1 Å². The first-order valence-corrected chi connectivity index (χ1v) is 8.47. The van der Waals surface area contributed by atoms with Gasteiger partial charge in [0.15, 0.2) is 0 Å². The molecule has 0 rings (SSSR count). The fourth-order valence-electron chi connectivity index (χ4n) is 2.65. The van der Waals surface area contributed by atoms with E-state index in [1.807, 2.05) is 0 Å². The number of hydrogen-bond donors (Lipinski definition) is 0. The summed E-state index contributed by atoms with van der Waals surface area (Å²) in [6.45, 7) is 9.96. The Morgan fingerprint density at radius 3 is 1.11 bits per heavy atom. The summed E-state index contributed by atoms with van der Waals surface area (Å²) in [6, 6.07) is 0. The van der Waals surface area contributed by atoms with Crippen LogP contribution in [0.2, 0.25) is 0 Å². The van der Waals surface area contributed by atoms with Crippen molar-refractivity contribution in [1.29, 1.82) is 0 Å². The average Bonchev–Trinajstić information content (AvgIpc) is 2.33. The minimum absolute atomic E-state index is 1.21. The lowest BCUT2D eigenvalue weighted by Crippen LogP contribution is -2.42. The molecule has 0 heterocycles. The van der Waals surface area contributed by atoms with Gasteiger partial charge in [-0.1, -0.05) is 26.7 Å². The molecule has 19 heavy (non-hydrogen) atoms. The summed E-state index contributed by atoms with van der Waals surface area (Å²) in [4.78, 5) is 0. The number of hydrogen-bond acceptors (Lipinski definition) is 0. The van der Waals surface area contributed by atoms with Gasteiger partial charge in [0.2, 0.25) is 0 Å². The van der Waals surface area contributed by atoms with Gasteiger partial charge >= 0.3 is 0 Å². The van der Waals surface area contributed by atoms with Gasteiger partial charge in [-0.05, 0) is 32.1 Å². The second-order valence-corrected chi connectivity index (χ2v) is 7.53. The van der Waals surface area contributed by atoms with Crippen LogP contribution in [-0.2, 0) is 0 Å². The van der Waals surface area contributed by atoms with Crippen molar-refractivity contribution in [1.82, 2.24) is 0 Å². The zero-order chi connectivity index (χ0) is 14.8. The van der Waals surface area contributed by atoms with Crippen LogP contribution in [0.5, 0.6) is 0 Å². The van der Waals surface area contributed by atoms with Crippen LogP contribution in [0.15, 0.2) is 0 Å². The molecule has 0 aliphatic carbocycles. The van der Waals surface area contributed by atoms with Crippen LogP contribution >= 0.6 is 0 Å². The predicted octanol–water partition coefficient (Wildman–Crippen LogP) is 3.91. The normalized spacial score (nSPS) is 12.9. The number of rotatable bonds is 12. The standard InChI is InChI=1S/C17H40N2/c1-7-9-14-18(3,4)16-12-11-13-17-19(5,6)15-10-8-2/h7-17H2,1-6H3/q+2. The Morgan fingerprint density at radius 2 is 0.789 bits per heavy atom. The molecule has 0 N–H and O–H groups in total. The van der Waals surface area contributed by atoms with Crippen LogP contribution in [0.3, 0.4) is 0 Å². The van der Waals surface area contributed by atoms with Crippen molar-refractivity contribution in [2.75, 3.05) is 54.4 Å². The lowest BCUT2D eigenvalue weighted by atomic mass is 10.2. The highest BCUT2D eigenvalue weighted by atomic mass is 15.3. The number of unbranched alkanes of at least 4 members (excludes halogenated alkanes) is 4. The lowest BCUT2D eigenvalue weighted by molar-refractivity contribution is -0.892. The first-order chi connectivity index (χ1) is 8.83. The van der Waals surface area contributed by atoms with Crippen LogP contribution in [0.4, 0.5) is 0 Å². The highest BCUT2D eigenvalue weighted by molar-refractivity contribution is 4.44. The second-order valence-electron chi connectivity index (χ2n) is 7.53. The molecule has 0 aromatic heterocycles. The topological polar surface area (TPSA) is 0 Å². The van der Waals surface area contributed by atoms with Crippen LogP contribution < -0.4 is 0 Å². The lowest BCUT2D eigenvalue weighted by Gasteiger charge is -2.31. The fraction of sp³-hybridized carbons (Fsp3) is 1.00. The third-order valence-corrected chi connectivity index (χ3v) is 4.26. The molecule has 0 aliphatic heterocycles. The largest absolute Gasteiger partial charge is 0.328 e. The van der Waals surface area contributed by atoms with Crippen LogP contribution in [0.25, 0.3) is 0 Å². The smallest absolute Gasteiger partial charge is 0.0782 e. The number of quaternary nitrogens is 2. The van der Waals surface area contributed by atoms with Gasteiger partial charge in [0.1, 0.15) is 0 Å². The maximum Gasteiger partial charge on any atom is 0.0782 e. The van der Waals surface area contributed by atoms with Crippen LogP contribution in [-0.4, -0.2) is 63.3 Å². The molecule has 0 bridgehead atoms. The van der Waals surface area contributed by atoms with Crippen molar-refractivity contribution < 1.29 is 8.97 Å². The Balaban J connectivity index is 3.63. The summed E-state index contributed by atoms with van der Waals surface area (Å²) in [7, 11) is 9.54. The molecule has 0 aliphatic rings. The van der Waals surface area contributed by atoms with E-state index in [-0.39, 0.29) is 0 Å². The Kier molecular flexibility index (Phi) is 9.72. The first kappa shape index (κ1) is 18.9. The Hall–Kier alpha value is -0.0800.